The van der Waals surface area contributed by atoms with E-state index in [0.29, 0.717) is 5.75 Å². The van der Waals surface area contributed by atoms with Gasteiger partial charge in [-0.15, -0.1) is 0 Å². The summed E-state index contributed by atoms with van der Waals surface area (Å²) in [5.74, 6) is 0.328. The van der Waals surface area contributed by atoms with Gasteiger partial charge in [0.1, 0.15) is 0 Å². The zero-order valence-corrected chi connectivity index (χ0v) is 13.1. The van der Waals surface area contributed by atoms with Crippen LogP contribution in [0.4, 0.5) is 0 Å². The van der Waals surface area contributed by atoms with Gasteiger partial charge >= 0.3 is 0 Å². The van der Waals surface area contributed by atoms with Crippen molar-refractivity contribution in [3.05, 3.63) is 0 Å². The summed E-state index contributed by atoms with van der Waals surface area (Å²) in [6.07, 6.45) is 11.9. The van der Waals surface area contributed by atoms with Gasteiger partial charge in [-0.3, -0.25) is 0 Å². The lowest BCUT2D eigenvalue weighted by atomic mass is 9.97. The molecule has 0 radical (unpaired) electrons. The van der Waals surface area contributed by atoms with Crippen LogP contribution in [0.15, 0.2) is 0 Å². The molecule has 3 atom stereocenters. The van der Waals surface area contributed by atoms with Crippen molar-refractivity contribution in [1.82, 2.24) is 5.32 Å². The monoisotopic (exact) mass is 287 g/mol. The van der Waals surface area contributed by atoms with Crippen molar-refractivity contribution in [1.29, 1.82) is 0 Å². The lowest BCUT2D eigenvalue weighted by Gasteiger charge is -2.36. The molecule has 1 aliphatic heterocycles. The zero-order valence-electron chi connectivity index (χ0n) is 12.2. The molecule has 112 valence electrons. The summed E-state index contributed by atoms with van der Waals surface area (Å²) in [5.41, 5.74) is 0. The van der Waals surface area contributed by atoms with E-state index in [1.54, 1.807) is 0 Å². The van der Waals surface area contributed by atoms with Crippen molar-refractivity contribution >= 4 is 9.84 Å². The van der Waals surface area contributed by atoms with Gasteiger partial charge in [0.15, 0.2) is 9.84 Å². The normalized spacial score (nSPS) is 37.6. The van der Waals surface area contributed by atoms with Crippen molar-refractivity contribution in [2.75, 3.05) is 5.75 Å². The van der Waals surface area contributed by atoms with E-state index >= 15 is 0 Å². The second-order valence-electron chi connectivity index (χ2n) is 6.45. The minimum absolute atomic E-state index is 0.122. The third kappa shape index (κ3) is 4.45. The number of rotatable bonds is 0. The Bertz CT molecular complexity index is 366. The molecule has 3 nitrogen and oxygen atoms in total. The van der Waals surface area contributed by atoms with Gasteiger partial charge in [0.25, 0.3) is 0 Å². The highest BCUT2D eigenvalue weighted by molar-refractivity contribution is 7.92. The van der Waals surface area contributed by atoms with E-state index < -0.39 is 9.84 Å². The van der Waals surface area contributed by atoms with Gasteiger partial charge in [-0.25, -0.2) is 8.42 Å². The fourth-order valence-electron chi connectivity index (χ4n) is 3.66. The Morgan fingerprint density at radius 1 is 0.842 bits per heavy atom. The SMILES string of the molecule is CC1CS(=O)(=O)C2CCCCCCCCCCC2N1. The van der Waals surface area contributed by atoms with Gasteiger partial charge in [0, 0.05) is 12.1 Å². The molecule has 1 heterocycles. The van der Waals surface area contributed by atoms with Crippen LogP contribution < -0.4 is 5.32 Å². The first-order chi connectivity index (χ1) is 9.09. The van der Waals surface area contributed by atoms with Crippen LogP contribution in [0.5, 0.6) is 0 Å². The highest BCUT2D eigenvalue weighted by atomic mass is 32.2. The van der Waals surface area contributed by atoms with E-state index in [4.69, 9.17) is 0 Å². The minimum atomic E-state index is -2.88. The summed E-state index contributed by atoms with van der Waals surface area (Å²) in [6, 6.07) is 0.326. The van der Waals surface area contributed by atoms with Crippen molar-refractivity contribution in [2.45, 2.75) is 88.5 Å². The topological polar surface area (TPSA) is 46.2 Å². The third-order valence-electron chi connectivity index (χ3n) is 4.64. The average molecular weight is 287 g/mol. The molecule has 0 aromatic carbocycles. The number of hydrogen-bond donors (Lipinski definition) is 1. The van der Waals surface area contributed by atoms with Crippen molar-refractivity contribution in [3.8, 4) is 0 Å². The standard InChI is InChI=1S/C15H29NO2S/c1-13-12-19(17,18)15-11-9-7-5-3-2-4-6-8-10-14(15)16-13/h13-16H,2-12H2,1H3. The van der Waals surface area contributed by atoms with E-state index in [0.717, 1.165) is 19.3 Å². The molecular weight excluding hydrogens is 258 g/mol. The maximum absolute atomic E-state index is 12.4. The Balaban J connectivity index is 2.04. The molecule has 1 N–H and O–H groups in total. The van der Waals surface area contributed by atoms with Gasteiger partial charge in [0.05, 0.1) is 11.0 Å². The zero-order chi connectivity index (χ0) is 13.7. The Hall–Kier alpha value is -0.0900. The molecule has 2 rings (SSSR count). The lowest BCUT2D eigenvalue weighted by molar-refractivity contribution is 0.359. The average Bonchev–Trinajstić information content (AvgIpc) is 2.30. The number of nitrogens with one attached hydrogen (secondary N) is 1. The quantitative estimate of drug-likeness (QED) is 0.745. The summed E-state index contributed by atoms with van der Waals surface area (Å²) < 4.78 is 24.8. The number of fused-ring (bicyclic) bond motifs is 1. The summed E-state index contributed by atoms with van der Waals surface area (Å²) in [6.45, 7) is 2.00. The molecule has 4 heteroatoms. The van der Waals surface area contributed by atoms with Crippen LogP contribution in [0.2, 0.25) is 0 Å². The van der Waals surface area contributed by atoms with Crippen LogP contribution in [-0.4, -0.2) is 31.5 Å². The minimum Gasteiger partial charge on any atom is -0.309 e. The van der Waals surface area contributed by atoms with Crippen molar-refractivity contribution < 1.29 is 8.42 Å². The maximum atomic E-state index is 12.4. The maximum Gasteiger partial charge on any atom is 0.156 e. The molecule has 1 aliphatic carbocycles. The predicted molar refractivity (Wildman–Crippen MR) is 80.1 cm³/mol. The second kappa shape index (κ2) is 7.07. The second-order valence-corrected chi connectivity index (χ2v) is 8.71. The van der Waals surface area contributed by atoms with Gasteiger partial charge in [0.2, 0.25) is 0 Å². The molecule has 0 amide bonds. The number of sulfone groups is 1. The molecule has 0 spiro atoms. The van der Waals surface area contributed by atoms with Gasteiger partial charge in [-0.1, -0.05) is 51.4 Å². The molecule has 1 saturated heterocycles. The highest BCUT2D eigenvalue weighted by Crippen LogP contribution is 2.26. The van der Waals surface area contributed by atoms with Gasteiger partial charge < -0.3 is 5.32 Å². The summed E-state index contributed by atoms with van der Waals surface area (Å²) in [7, 11) is -2.88. The van der Waals surface area contributed by atoms with Crippen molar-refractivity contribution in [2.24, 2.45) is 0 Å². The number of hydrogen-bond acceptors (Lipinski definition) is 3. The van der Waals surface area contributed by atoms with Crippen LogP contribution in [0.25, 0.3) is 0 Å². The van der Waals surface area contributed by atoms with E-state index in [1.807, 2.05) is 6.92 Å². The molecular formula is C15H29NO2S. The Morgan fingerprint density at radius 3 is 2.00 bits per heavy atom. The summed E-state index contributed by atoms with van der Waals surface area (Å²) >= 11 is 0. The molecule has 0 bridgehead atoms. The van der Waals surface area contributed by atoms with Crippen LogP contribution in [0.3, 0.4) is 0 Å². The smallest absolute Gasteiger partial charge is 0.156 e. The molecule has 3 unspecified atom stereocenters. The first-order valence-corrected chi connectivity index (χ1v) is 9.79. The Morgan fingerprint density at radius 2 is 1.37 bits per heavy atom. The summed E-state index contributed by atoms with van der Waals surface area (Å²) in [5, 5.41) is 3.42. The van der Waals surface area contributed by atoms with E-state index in [1.165, 1.54) is 44.9 Å². The first kappa shape index (κ1) is 15.3. The fourth-order valence-corrected chi connectivity index (χ4v) is 5.94. The molecule has 19 heavy (non-hydrogen) atoms. The van der Waals surface area contributed by atoms with Crippen LogP contribution in [0.1, 0.15) is 71.1 Å². The van der Waals surface area contributed by atoms with Crippen LogP contribution in [-0.2, 0) is 9.84 Å². The molecule has 2 aliphatic rings. The van der Waals surface area contributed by atoms with Crippen molar-refractivity contribution in [3.63, 3.8) is 0 Å². The Labute approximate surface area is 118 Å². The lowest BCUT2D eigenvalue weighted by Crippen LogP contribution is -2.56. The van der Waals surface area contributed by atoms with E-state index in [2.05, 4.69) is 5.32 Å². The fraction of sp³-hybridized carbons (Fsp3) is 1.00. The van der Waals surface area contributed by atoms with E-state index in [9.17, 15) is 8.42 Å². The van der Waals surface area contributed by atoms with Gasteiger partial charge in [-0.2, -0.15) is 0 Å². The first-order valence-electron chi connectivity index (χ1n) is 8.07. The molecule has 0 aromatic heterocycles. The molecule has 2 fully saturated rings. The third-order valence-corrected chi connectivity index (χ3v) is 7.10. The highest BCUT2D eigenvalue weighted by Gasteiger charge is 2.38. The Kier molecular flexibility index (Phi) is 5.70. The van der Waals surface area contributed by atoms with Gasteiger partial charge in [-0.05, 0) is 19.8 Å². The largest absolute Gasteiger partial charge is 0.309 e. The predicted octanol–water partition coefficient (Wildman–Crippen LogP) is 3.04. The van der Waals surface area contributed by atoms with Crippen LogP contribution >= 0.6 is 0 Å². The molecule has 0 aromatic rings. The van der Waals surface area contributed by atoms with Crippen LogP contribution in [0, 0.1) is 0 Å². The van der Waals surface area contributed by atoms with E-state index in [-0.39, 0.29) is 17.3 Å². The summed E-state index contributed by atoms with van der Waals surface area (Å²) in [4.78, 5) is 0. The molecule has 1 saturated carbocycles.